The molecule has 3 heterocycles. The Bertz CT molecular complexity index is 731. The van der Waals surface area contributed by atoms with E-state index in [0.717, 1.165) is 38.4 Å². The van der Waals surface area contributed by atoms with E-state index in [1.807, 2.05) is 18.2 Å². The van der Waals surface area contributed by atoms with E-state index in [9.17, 15) is 8.42 Å². The Balaban J connectivity index is 0.00000261. The van der Waals surface area contributed by atoms with Gasteiger partial charge in [-0.15, -0.1) is 24.0 Å². The molecule has 2 unspecified atom stereocenters. The summed E-state index contributed by atoms with van der Waals surface area (Å²) in [6.07, 6.45) is 4.89. The number of aromatic nitrogens is 1. The van der Waals surface area contributed by atoms with Crippen molar-refractivity contribution in [1.82, 2.24) is 19.5 Å². The second kappa shape index (κ2) is 9.87. The molecule has 3 rings (SSSR count). The second-order valence-electron chi connectivity index (χ2n) is 6.85. The lowest BCUT2D eigenvalue weighted by Gasteiger charge is -2.23. The van der Waals surface area contributed by atoms with Crippen LogP contribution in [-0.4, -0.2) is 80.7 Å². The van der Waals surface area contributed by atoms with Crippen molar-refractivity contribution in [2.45, 2.75) is 18.9 Å². The lowest BCUT2D eigenvalue weighted by molar-refractivity contribution is 0.205. The van der Waals surface area contributed by atoms with Gasteiger partial charge in [0.15, 0.2) is 5.96 Å². The number of hydrogen-bond donors (Lipinski definition) is 1. The molecule has 0 amide bonds. The van der Waals surface area contributed by atoms with Gasteiger partial charge in [-0.3, -0.25) is 4.99 Å². The first-order chi connectivity index (χ1) is 12.5. The van der Waals surface area contributed by atoms with E-state index in [1.165, 1.54) is 6.26 Å². The van der Waals surface area contributed by atoms with Crippen LogP contribution in [0.5, 0.6) is 5.88 Å². The van der Waals surface area contributed by atoms with Crippen LogP contribution in [0.2, 0.25) is 0 Å². The van der Waals surface area contributed by atoms with Crippen molar-refractivity contribution in [3.8, 4) is 5.88 Å². The van der Waals surface area contributed by atoms with Crippen LogP contribution in [0.15, 0.2) is 29.4 Å². The van der Waals surface area contributed by atoms with Crippen LogP contribution >= 0.6 is 24.0 Å². The number of nitrogens with zero attached hydrogens (tertiary/aromatic N) is 4. The van der Waals surface area contributed by atoms with E-state index in [2.05, 4.69) is 20.2 Å². The molecule has 10 heteroatoms. The molecule has 27 heavy (non-hydrogen) atoms. The van der Waals surface area contributed by atoms with E-state index < -0.39 is 10.0 Å². The van der Waals surface area contributed by atoms with E-state index in [1.54, 1.807) is 17.5 Å². The molecular formula is C17H28IN5O3S. The highest BCUT2D eigenvalue weighted by Gasteiger charge is 2.30. The van der Waals surface area contributed by atoms with Crippen molar-refractivity contribution in [1.29, 1.82) is 0 Å². The summed E-state index contributed by atoms with van der Waals surface area (Å²) in [4.78, 5) is 10.8. The Hall–Kier alpha value is -1.14. The van der Waals surface area contributed by atoms with Gasteiger partial charge in [0.25, 0.3) is 0 Å². The third kappa shape index (κ3) is 6.18. The molecule has 0 bridgehead atoms. The largest absolute Gasteiger partial charge is 0.472 e. The Morgan fingerprint density at radius 1 is 1.33 bits per heavy atom. The van der Waals surface area contributed by atoms with E-state index >= 15 is 0 Å². The molecule has 0 spiro atoms. The number of ether oxygens (including phenoxy) is 1. The average molecular weight is 509 g/mol. The normalized spacial score (nSPS) is 23.9. The predicted molar refractivity (Wildman–Crippen MR) is 116 cm³/mol. The van der Waals surface area contributed by atoms with Gasteiger partial charge >= 0.3 is 0 Å². The minimum atomic E-state index is -3.09. The maximum atomic E-state index is 11.6. The van der Waals surface area contributed by atoms with Gasteiger partial charge in [0.2, 0.25) is 15.9 Å². The highest BCUT2D eigenvalue weighted by Crippen LogP contribution is 2.19. The minimum absolute atomic E-state index is 0. The molecule has 1 N–H and O–H groups in total. The Kier molecular flexibility index (Phi) is 8.10. The number of rotatable bonds is 5. The predicted octanol–water partition coefficient (Wildman–Crippen LogP) is 1.01. The highest BCUT2D eigenvalue weighted by atomic mass is 127. The second-order valence-corrected chi connectivity index (χ2v) is 8.83. The van der Waals surface area contributed by atoms with Crippen molar-refractivity contribution in [2.75, 3.05) is 46.0 Å². The first-order valence-corrected chi connectivity index (χ1v) is 10.8. The summed E-state index contributed by atoms with van der Waals surface area (Å²) >= 11 is 0. The molecule has 2 aliphatic heterocycles. The van der Waals surface area contributed by atoms with Crippen LogP contribution < -0.4 is 10.1 Å². The lowest BCUT2D eigenvalue weighted by Crippen LogP contribution is -2.43. The van der Waals surface area contributed by atoms with Crippen molar-refractivity contribution >= 4 is 40.0 Å². The minimum Gasteiger partial charge on any atom is -0.472 e. The molecule has 152 valence electrons. The fourth-order valence-electron chi connectivity index (χ4n) is 3.44. The molecule has 2 aliphatic rings. The number of likely N-dealkylation sites (tertiary alicyclic amines) is 1. The Morgan fingerprint density at radius 3 is 2.78 bits per heavy atom. The number of halogens is 1. The molecule has 1 aromatic heterocycles. The number of pyridine rings is 1. The monoisotopic (exact) mass is 509 g/mol. The molecule has 2 fully saturated rings. The van der Waals surface area contributed by atoms with Gasteiger partial charge in [-0.1, -0.05) is 6.07 Å². The highest BCUT2D eigenvalue weighted by molar-refractivity contribution is 14.0. The molecule has 0 radical (unpaired) electrons. The fraction of sp³-hybridized carbons (Fsp3) is 0.647. The van der Waals surface area contributed by atoms with Crippen LogP contribution in [-0.2, 0) is 10.0 Å². The summed E-state index contributed by atoms with van der Waals surface area (Å²) in [6, 6.07) is 5.65. The standard InChI is InChI=1S/C17H27N5O3S.HI/c1-18-17(20-11-14-6-10-22(12-14)26(2,23)24)21-9-7-15(13-21)25-16-5-3-4-8-19-16;/h3-5,8,14-15H,6-7,9-13H2,1-2H3,(H,18,20);1H. The average Bonchev–Trinajstić information content (AvgIpc) is 3.26. The summed E-state index contributed by atoms with van der Waals surface area (Å²) in [6.45, 7) is 3.54. The van der Waals surface area contributed by atoms with Gasteiger partial charge in [0.1, 0.15) is 6.10 Å². The number of aliphatic imine (C=N–C) groups is 1. The first kappa shape index (κ1) is 22.2. The van der Waals surface area contributed by atoms with Crippen LogP contribution in [0.25, 0.3) is 0 Å². The van der Waals surface area contributed by atoms with Gasteiger partial charge in [0.05, 0.1) is 12.8 Å². The summed E-state index contributed by atoms with van der Waals surface area (Å²) < 4.78 is 30.7. The number of nitrogens with one attached hydrogen (secondary N) is 1. The van der Waals surface area contributed by atoms with Crippen molar-refractivity contribution < 1.29 is 13.2 Å². The molecular weight excluding hydrogens is 481 g/mol. The summed E-state index contributed by atoms with van der Waals surface area (Å²) in [7, 11) is -1.32. The Labute approximate surface area is 178 Å². The zero-order valence-corrected chi connectivity index (χ0v) is 18.9. The van der Waals surface area contributed by atoms with Crippen molar-refractivity contribution in [3.63, 3.8) is 0 Å². The van der Waals surface area contributed by atoms with Crippen LogP contribution in [0, 0.1) is 5.92 Å². The fourth-order valence-corrected chi connectivity index (χ4v) is 4.36. The third-order valence-corrected chi connectivity index (χ3v) is 6.12. The summed E-state index contributed by atoms with van der Waals surface area (Å²) in [5.74, 6) is 1.80. The maximum absolute atomic E-state index is 11.6. The topological polar surface area (TPSA) is 87.1 Å². The number of hydrogen-bond acceptors (Lipinski definition) is 5. The quantitative estimate of drug-likeness (QED) is 0.362. The molecule has 0 aromatic carbocycles. The van der Waals surface area contributed by atoms with E-state index in [0.29, 0.717) is 24.9 Å². The molecule has 8 nitrogen and oxygen atoms in total. The molecule has 0 aliphatic carbocycles. The number of sulfonamides is 1. The van der Waals surface area contributed by atoms with E-state index in [4.69, 9.17) is 4.74 Å². The van der Waals surface area contributed by atoms with Gasteiger partial charge in [0, 0.05) is 51.9 Å². The molecule has 1 aromatic rings. The molecule has 2 saturated heterocycles. The van der Waals surface area contributed by atoms with Crippen molar-refractivity contribution in [2.24, 2.45) is 10.9 Å². The smallest absolute Gasteiger partial charge is 0.213 e. The number of guanidine groups is 1. The lowest BCUT2D eigenvalue weighted by atomic mass is 10.1. The summed E-state index contributed by atoms with van der Waals surface area (Å²) in [5, 5.41) is 3.39. The van der Waals surface area contributed by atoms with Crippen molar-refractivity contribution in [3.05, 3.63) is 24.4 Å². The summed E-state index contributed by atoms with van der Waals surface area (Å²) in [5.41, 5.74) is 0. The van der Waals surface area contributed by atoms with Crippen LogP contribution in [0.4, 0.5) is 0 Å². The SMILES string of the molecule is CN=C(NCC1CCN(S(C)(=O)=O)C1)N1CCC(Oc2ccccn2)C1.I. The van der Waals surface area contributed by atoms with Crippen LogP contribution in [0.3, 0.4) is 0 Å². The Morgan fingerprint density at radius 2 is 2.15 bits per heavy atom. The van der Waals surface area contributed by atoms with Gasteiger partial charge in [-0.2, -0.15) is 0 Å². The maximum Gasteiger partial charge on any atom is 0.213 e. The van der Waals surface area contributed by atoms with E-state index in [-0.39, 0.29) is 30.1 Å². The molecule has 2 atom stereocenters. The van der Waals surface area contributed by atoms with Crippen LogP contribution in [0.1, 0.15) is 12.8 Å². The van der Waals surface area contributed by atoms with Gasteiger partial charge < -0.3 is 15.0 Å². The first-order valence-electron chi connectivity index (χ1n) is 8.94. The molecule has 0 saturated carbocycles. The zero-order valence-electron chi connectivity index (χ0n) is 15.7. The zero-order chi connectivity index (χ0) is 18.6. The van der Waals surface area contributed by atoms with Gasteiger partial charge in [-0.25, -0.2) is 17.7 Å². The third-order valence-electron chi connectivity index (χ3n) is 4.85. The van der Waals surface area contributed by atoms with Gasteiger partial charge in [-0.05, 0) is 18.4 Å².